The first-order valence-corrected chi connectivity index (χ1v) is 12.6. The smallest absolute Gasteiger partial charge is 0.408 e. The van der Waals surface area contributed by atoms with E-state index in [9.17, 15) is 24.6 Å². The molecule has 4 N–H and O–H groups in total. The topological polar surface area (TPSA) is 128 Å². The molecule has 2 unspecified atom stereocenters. The van der Waals surface area contributed by atoms with Crippen molar-refractivity contribution < 1.29 is 29.3 Å². The molecule has 9 heteroatoms. The number of benzene rings is 2. The summed E-state index contributed by atoms with van der Waals surface area (Å²) in [6.07, 6.45) is 1.05. The molecule has 0 aliphatic rings. The Morgan fingerprint density at radius 3 is 2.03 bits per heavy atom. The first-order valence-electron chi connectivity index (χ1n) is 12.6. The number of hydrogen-bond donors (Lipinski definition) is 4. The van der Waals surface area contributed by atoms with Crippen molar-refractivity contribution in [1.29, 1.82) is 0 Å². The Balaban J connectivity index is 2.43. The van der Waals surface area contributed by atoms with Crippen LogP contribution in [-0.2, 0) is 20.7 Å². The predicted octanol–water partition coefficient (Wildman–Crippen LogP) is 4.04. The Morgan fingerprint density at radius 2 is 1.51 bits per heavy atom. The van der Waals surface area contributed by atoms with Gasteiger partial charge in [0.1, 0.15) is 29.2 Å². The summed E-state index contributed by atoms with van der Waals surface area (Å²) in [7, 11) is 0. The van der Waals surface area contributed by atoms with Gasteiger partial charge in [0.25, 0.3) is 0 Å². The summed E-state index contributed by atoms with van der Waals surface area (Å²) in [6.45, 7) is 9.60. The number of hydrogen-bond acceptors (Lipinski definition) is 6. The van der Waals surface area contributed by atoms with Crippen molar-refractivity contribution in [3.63, 3.8) is 0 Å². The minimum absolute atomic E-state index is 0.0417. The van der Waals surface area contributed by atoms with Gasteiger partial charge in [-0.05, 0) is 69.5 Å². The number of carbonyl (C=O) groups excluding carboxylic acids is 3. The van der Waals surface area contributed by atoms with Crippen LogP contribution in [0.5, 0.6) is 11.5 Å². The Bertz CT molecular complexity index is 1030. The quantitative estimate of drug-likeness (QED) is 0.336. The van der Waals surface area contributed by atoms with E-state index in [-0.39, 0.29) is 30.4 Å². The molecule has 202 valence electrons. The van der Waals surface area contributed by atoms with Gasteiger partial charge in [-0.2, -0.15) is 0 Å². The van der Waals surface area contributed by atoms with Crippen LogP contribution in [0, 0.1) is 0 Å². The largest absolute Gasteiger partial charge is 0.508 e. The summed E-state index contributed by atoms with van der Waals surface area (Å²) < 4.78 is 5.39. The fourth-order valence-corrected chi connectivity index (χ4v) is 3.80. The van der Waals surface area contributed by atoms with Crippen LogP contribution < -0.4 is 10.6 Å². The van der Waals surface area contributed by atoms with E-state index in [0.29, 0.717) is 17.7 Å². The number of phenolic OH excluding ortho intramolecular Hbond substituents is 2. The molecule has 0 saturated heterocycles. The monoisotopic (exact) mass is 513 g/mol. The highest BCUT2D eigenvalue weighted by Gasteiger charge is 2.35. The average Bonchev–Trinajstić information content (AvgIpc) is 2.82. The summed E-state index contributed by atoms with van der Waals surface area (Å²) in [5, 5.41) is 25.0. The normalized spacial score (nSPS) is 12.8. The molecule has 0 fully saturated rings. The standard InChI is InChI=1S/C28H39N3O6/c1-6-8-17-29-25(34)24(20-11-15-22(33)16-12-20)31(7-2)26(35)23(30-27(36)37-28(3,4)5)18-19-9-13-21(32)14-10-19/h9-16,23-24,32-33H,6-8,17-18H2,1-5H3,(H,29,34)(H,30,36). The predicted molar refractivity (Wildman–Crippen MR) is 141 cm³/mol. The maximum Gasteiger partial charge on any atom is 0.408 e. The van der Waals surface area contributed by atoms with Crippen LogP contribution in [0.3, 0.4) is 0 Å². The maximum atomic E-state index is 13.9. The third-order valence-electron chi connectivity index (χ3n) is 5.59. The Kier molecular flexibility index (Phi) is 10.8. The van der Waals surface area contributed by atoms with Crippen molar-refractivity contribution in [2.45, 2.75) is 71.6 Å². The summed E-state index contributed by atoms with van der Waals surface area (Å²) >= 11 is 0. The number of aromatic hydroxyl groups is 2. The highest BCUT2D eigenvalue weighted by Crippen LogP contribution is 2.25. The zero-order valence-corrected chi connectivity index (χ0v) is 22.3. The highest BCUT2D eigenvalue weighted by molar-refractivity contribution is 5.92. The van der Waals surface area contributed by atoms with Gasteiger partial charge < -0.3 is 30.5 Å². The third kappa shape index (κ3) is 9.33. The van der Waals surface area contributed by atoms with Crippen LogP contribution in [0.4, 0.5) is 4.79 Å². The number of rotatable bonds is 11. The summed E-state index contributed by atoms with van der Waals surface area (Å²) in [5.41, 5.74) is 0.466. The molecule has 2 aromatic carbocycles. The van der Waals surface area contributed by atoms with Gasteiger partial charge in [-0.25, -0.2) is 4.79 Å². The summed E-state index contributed by atoms with van der Waals surface area (Å²) in [6, 6.07) is 10.5. The second-order valence-electron chi connectivity index (χ2n) is 9.83. The molecule has 37 heavy (non-hydrogen) atoms. The molecule has 0 saturated carbocycles. The lowest BCUT2D eigenvalue weighted by Gasteiger charge is -2.34. The van der Waals surface area contributed by atoms with E-state index in [1.165, 1.54) is 29.2 Å². The molecule has 0 aliphatic heterocycles. The van der Waals surface area contributed by atoms with E-state index in [1.54, 1.807) is 52.0 Å². The first kappa shape index (κ1) is 29.5. The number of nitrogens with zero attached hydrogens (tertiary/aromatic N) is 1. The van der Waals surface area contributed by atoms with Crippen LogP contribution in [-0.4, -0.2) is 57.8 Å². The minimum Gasteiger partial charge on any atom is -0.508 e. The molecule has 9 nitrogen and oxygen atoms in total. The van der Waals surface area contributed by atoms with E-state index >= 15 is 0 Å². The molecule has 2 atom stereocenters. The minimum atomic E-state index is -1.04. The van der Waals surface area contributed by atoms with Gasteiger partial charge >= 0.3 is 6.09 Å². The maximum absolute atomic E-state index is 13.9. The zero-order valence-electron chi connectivity index (χ0n) is 22.3. The molecule has 0 spiro atoms. The second kappa shape index (κ2) is 13.5. The van der Waals surface area contributed by atoms with Crippen LogP contribution in [0.1, 0.15) is 64.6 Å². The molecule has 0 radical (unpaired) electrons. The van der Waals surface area contributed by atoms with Gasteiger partial charge in [-0.3, -0.25) is 9.59 Å². The first-order chi connectivity index (χ1) is 17.4. The van der Waals surface area contributed by atoms with E-state index in [2.05, 4.69) is 10.6 Å². The van der Waals surface area contributed by atoms with E-state index in [1.807, 2.05) is 6.92 Å². The van der Waals surface area contributed by atoms with Gasteiger partial charge in [-0.15, -0.1) is 0 Å². The van der Waals surface area contributed by atoms with Crippen molar-refractivity contribution in [1.82, 2.24) is 15.5 Å². The molecule has 3 amide bonds. The molecule has 0 aromatic heterocycles. The Morgan fingerprint density at radius 1 is 0.946 bits per heavy atom. The van der Waals surface area contributed by atoms with Crippen molar-refractivity contribution in [3.8, 4) is 11.5 Å². The lowest BCUT2D eigenvalue weighted by atomic mass is 10.00. The van der Waals surface area contributed by atoms with Crippen LogP contribution >= 0.6 is 0 Å². The van der Waals surface area contributed by atoms with E-state index in [0.717, 1.165) is 12.8 Å². The van der Waals surface area contributed by atoms with Gasteiger partial charge in [0.2, 0.25) is 11.8 Å². The number of unbranched alkanes of at least 4 members (excludes halogenated alkanes) is 1. The second-order valence-corrected chi connectivity index (χ2v) is 9.83. The molecule has 2 rings (SSSR count). The number of nitrogens with one attached hydrogen (secondary N) is 2. The van der Waals surface area contributed by atoms with E-state index < -0.39 is 29.7 Å². The number of amides is 3. The SMILES string of the molecule is CCCCNC(=O)C(c1ccc(O)cc1)N(CC)C(=O)C(Cc1ccc(O)cc1)NC(=O)OC(C)(C)C. The lowest BCUT2D eigenvalue weighted by molar-refractivity contribution is -0.142. The Hall–Kier alpha value is -3.75. The number of likely N-dealkylation sites (N-methyl/N-ethyl adjacent to an activating group) is 1. The van der Waals surface area contributed by atoms with Crippen molar-refractivity contribution in [3.05, 3.63) is 59.7 Å². The van der Waals surface area contributed by atoms with Crippen LogP contribution in [0.2, 0.25) is 0 Å². The summed E-state index contributed by atoms with van der Waals surface area (Å²) in [4.78, 5) is 41.3. The van der Waals surface area contributed by atoms with Crippen LogP contribution in [0.25, 0.3) is 0 Å². The van der Waals surface area contributed by atoms with Crippen molar-refractivity contribution in [2.24, 2.45) is 0 Å². The van der Waals surface area contributed by atoms with Gasteiger partial charge in [0.05, 0.1) is 0 Å². The highest BCUT2D eigenvalue weighted by atomic mass is 16.6. The molecule has 0 aliphatic carbocycles. The fourth-order valence-electron chi connectivity index (χ4n) is 3.80. The molecular formula is C28H39N3O6. The lowest BCUT2D eigenvalue weighted by Crippen LogP contribution is -2.53. The Labute approximate surface area is 218 Å². The van der Waals surface area contributed by atoms with Gasteiger partial charge in [0, 0.05) is 19.5 Å². The molecule has 0 bridgehead atoms. The number of carbonyl (C=O) groups is 3. The summed E-state index contributed by atoms with van der Waals surface area (Å²) in [5.74, 6) is -0.696. The molecule has 0 heterocycles. The van der Waals surface area contributed by atoms with Gasteiger partial charge in [0.15, 0.2) is 0 Å². The van der Waals surface area contributed by atoms with Crippen LogP contribution in [0.15, 0.2) is 48.5 Å². The number of alkyl carbamates (subject to hydrolysis) is 1. The van der Waals surface area contributed by atoms with Crippen molar-refractivity contribution in [2.75, 3.05) is 13.1 Å². The average molecular weight is 514 g/mol. The van der Waals surface area contributed by atoms with Crippen molar-refractivity contribution >= 4 is 17.9 Å². The number of ether oxygens (including phenoxy) is 1. The van der Waals surface area contributed by atoms with Gasteiger partial charge in [-0.1, -0.05) is 37.6 Å². The molecular weight excluding hydrogens is 474 g/mol. The molecule has 2 aromatic rings. The fraction of sp³-hybridized carbons (Fsp3) is 0.464. The zero-order chi connectivity index (χ0) is 27.6. The number of phenols is 2. The third-order valence-corrected chi connectivity index (χ3v) is 5.59. The van der Waals surface area contributed by atoms with E-state index in [4.69, 9.17) is 4.74 Å².